The number of aromatic amines is 1. The van der Waals surface area contributed by atoms with Gasteiger partial charge >= 0.3 is 0 Å². The molecule has 0 saturated carbocycles. The third-order valence-electron chi connectivity index (χ3n) is 4.60. The van der Waals surface area contributed by atoms with Crippen LogP contribution >= 0.6 is 11.8 Å². The number of amidine groups is 1. The van der Waals surface area contributed by atoms with Gasteiger partial charge in [-0.2, -0.15) is 0 Å². The normalized spacial score (nSPS) is 19.5. The number of fused-ring (bicyclic) bond motifs is 2. The van der Waals surface area contributed by atoms with Crippen LogP contribution in [0.1, 0.15) is 23.5 Å². The van der Waals surface area contributed by atoms with E-state index in [0.29, 0.717) is 38.2 Å². The van der Waals surface area contributed by atoms with Gasteiger partial charge in [-0.15, -0.1) is 0 Å². The smallest absolute Gasteiger partial charge is 0.254 e. The first-order valence-electron chi connectivity index (χ1n) is 8.16. The summed E-state index contributed by atoms with van der Waals surface area (Å²) in [5.74, 6) is 0.739. The number of carbonyl (C=O) groups excluding carboxylic acids is 1. The number of carbonyl (C=O) groups is 1. The van der Waals surface area contributed by atoms with E-state index >= 15 is 0 Å². The molecule has 0 spiro atoms. The third-order valence-corrected chi connectivity index (χ3v) is 5.55. The van der Waals surface area contributed by atoms with Crippen molar-refractivity contribution >= 4 is 22.8 Å². The fourth-order valence-corrected chi connectivity index (χ4v) is 4.32. The summed E-state index contributed by atoms with van der Waals surface area (Å²) in [7, 11) is 0. The number of aromatic nitrogens is 2. The maximum atomic E-state index is 12.7. The average Bonchev–Trinajstić information content (AvgIpc) is 3.07. The summed E-state index contributed by atoms with van der Waals surface area (Å²) < 4.78 is 0. The molecule has 4 rings (SSSR count). The summed E-state index contributed by atoms with van der Waals surface area (Å²) >= 11 is 1.59. The molecule has 0 fully saturated rings. The lowest BCUT2D eigenvalue weighted by atomic mass is 10.1. The predicted molar refractivity (Wildman–Crippen MR) is 92.9 cm³/mol. The van der Waals surface area contributed by atoms with Gasteiger partial charge < -0.3 is 14.8 Å². The van der Waals surface area contributed by atoms with Crippen molar-refractivity contribution in [3.63, 3.8) is 0 Å². The summed E-state index contributed by atoms with van der Waals surface area (Å²) in [5, 5.41) is 3.03. The van der Waals surface area contributed by atoms with Crippen molar-refractivity contribution in [2.75, 3.05) is 26.2 Å². The lowest BCUT2D eigenvalue weighted by Gasteiger charge is -2.22. The fraction of sp³-hybridized carbons (Fsp3) is 0.500. The Morgan fingerprint density at radius 3 is 3.04 bits per heavy atom. The lowest BCUT2D eigenvalue weighted by molar-refractivity contribution is -0.130. The van der Waals surface area contributed by atoms with Crippen LogP contribution in [0.5, 0.6) is 0 Å². The number of hydrogen-bond donors (Lipinski definition) is 1. The first-order valence-corrected chi connectivity index (χ1v) is 9.04. The van der Waals surface area contributed by atoms with Gasteiger partial charge in [-0.3, -0.25) is 14.6 Å². The van der Waals surface area contributed by atoms with E-state index in [1.54, 1.807) is 18.7 Å². The highest BCUT2D eigenvalue weighted by Crippen LogP contribution is 2.31. The number of amides is 1. The first-order chi connectivity index (χ1) is 11.6. The Bertz CT molecular complexity index is 813. The summed E-state index contributed by atoms with van der Waals surface area (Å²) in [4.78, 5) is 40.4. The number of nitrogens with one attached hydrogen (secondary N) is 1. The molecule has 0 radical (unpaired) electrons. The molecule has 0 aliphatic carbocycles. The molecule has 4 heterocycles. The van der Waals surface area contributed by atoms with Crippen LogP contribution in [-0.4, -0.2) is 57.0 Å². The zero-order valence-electron chi connectivity index (χ0n) is 13.5. The minimum absolute atomic E-state index is 0.0698. The molecule has 0 bridgehead atoms. The van der Waals surface area contributed by atoms with Crippen molar-refractivity contribution in [3.8, 4) is 0 Å². The standard InChI is InChI=1S/C16H19N5O2S/c1-10-18-13-3-6-20(5-2-12(13)15(23)19-10)14(22)8-11-9-24-16-17-4-7-21(11)16/h9H,2-8H2,1H3,(H,18,19,23). The van der Waals surface area contributed by atoms with Crippen LogP contribution in [0.3, 0.4) is 0 Å². The van der Waals surface area contributed by atoms with Gasteiger partial charge in [-0.05, 0) is 18.8 Å². The Hall–Kier alpha value is -2.09. The molecule has 3 aliphatic rings. The second kappa shape index (κ2) is 6.08. The molecule has 1 N–H and O–H groups in total. The van der Waals surface area contributed by atoms with E-state index in [-0.39, 0.29) is 11.5 Å². The Labute approximate surface area is 143 Å². The Morgan fingerprint density at radius 1 is 1.33 bits per heavy atom. The van der Waals surface area contributed by atoms with Gasteiger partial charge in [0, 0.05) is 37.3 Å². The zero-order valence-corrected chi connectivity index (χ0v) is 14.4. The van der Waals surface area contributed by atoms with Gasteiger partial charge in [0.05, 0.1) is 18.7 Å². The number of hydrogen-bond acceptors (Lipinski definition) is 6. The molecular weight excluding hydrogens is 326 g/mol. The highest BCUT2D eigenvalue weighted by molar-refractivity contribution is 8.16. The van der Waals surface area contributed by atoms with Crippen LogP contribution < -0.4 is 5.56 Å². The Morgan fingerprint density at radius 2 is 2.17 bits per heavy atom. The number of thioether (sulfide) groups is 1. The van der Waals surface area contributed by atoms with Crippen LogP contribution in [0.15, 0.2) is 20.9 Å². The summed E-state index contributed by atoms with van der Waals surface area (Å²) in [6, 6.07) is 0. The SMILES string of the molecule is Cc1nc2c(c(=O)[nH]1)CCN(C(=O)CC1=CSC3=NCCN13)CC2. The summed E-state index contributed by atoms with van der Waals surface area (Å²) in [6.07, 6.45) is 1.59. The van der Waals surface area contributed by atoms with E-state index < -0.39 is 0 Å². The van der Waals surface area contributed by atoms with Crippen LogP contribution in [0, 0.1) is 6.92 Å². The molecule has 0 atom stereocenters. The van der Waals surface area contributed by atoms with Crippen LogP contribution in [0.25, 0.3) is 0 Å². The van der Waals surface area contributed by atoms with Gasteiger partial charge in [0.1, 0.15) is 5.82 Å². The van der Waals surface area contributed by atoms with Gasteiger partial charge in [-0.25, -0.2) is 4.98 Å². The number of rotatable bonds is 2. The maximum absolute atomic E-state index is 12.7. The highest BCUT2D eigenvalue weighted by Gasteiger charge is 2.29. The predicted octanol–water partition coefficient (Wildman–Crippen LogP) is 0.655. The zero-order chi connectivity index (χ0) is 16.7. The largest absolute Gasteiger partial charge is 0.342 e. The number of H-pyrrole nitrogens is 1. The lowest BCUT2D eigenvalue weighted by Crippen LogP contribution is -2.35. The topological polar surface area (TPSA) is 81.7 Å². The molecule has 0 unspecified atom stereocenters. The van der Waals surface area contributed by atoms with E-state index in [0.717, 1.165) is 35.2 Å². The minimum Gasteiger partial charge on any atom is -0.342 e. The number of nitrogens with zero attached hydrogens (tertiary/aromatic N) is 4. The monoisotopic (exact) mass is 345 g/mol. The van der Waals surface area contributed by atoms with Gasteiger partial charge in [0.25, 0.3) is 5.56 Å². The van der Waals surface area contributed by atoms with E-state index in [1.165, 1.54) is 0 Å². The first kappa shape index (κ1) is 15.4. The van der Waals surface area contributed by atoms with Gasteiger partial charge in [-0.1, -0.05) is 11.8 Å². The van der Waals surface area contributed by atoms with Crippen LogP contribution in [0.2, 0.25) is 0 Å². The van der Waals surface area contributed by atoms with Crippen molar-refractivity contribution in [3.05, 3.63) is 38.5 Å². The Kier molecular flexibility index (Phi) is 3.91. The molecule has 7 nitrogen and oxygen atoms in total. The van der Waals surface area contributed by atoms with Crippen molar-refractivity contribution in [2.45, 2.75) is 26.2 Å². The third kappa shape index (κ3) is 2.75. The molecule has 0 aromatic carbocycles. The van der Waals surface area contributed by atoms with E-state index in [4.69, 9.17) is 0 Å². The molecule has 0 saturated heterocycles. The molecule has 126 valence electrons. The highest BCUT2D eigenvalue weighted by atomic mass is 32.2. The molecule has 1 aromatic heterocycles. The minimum atomic E-state index is -0.0698. The van der Waals surface area contributed by atoms with Crippen molar-refractivity contribution in [2.24, 2.45) is 4.99 Å². The Balaban J connectivity index is 1.45. The van der Waals surface area contributed by atoms with E-state index in [1.807, 2.05) is 10.3 Å². The quantitative estimate of drug-likeness (QED) is 0.851. The molecular formula is C16H19N5O2S. The van der Waals surface area contributed by atoms with E-state index in [9.17, 15) is 9.59 Å². The van der Waals surface area contributed by atoms with Crippen molar-refractivity contribution in [1.82, 2.24) is 19.8 Å². The second-order valence-corrected chi connectivity index (χ2v) is 7.01. The van der Waals surface area contributed by atoms with Gasteiger partial charge in [0.15, 0.2) is 5.17 Å². The molecule has 8 heteroatoms. The second-order valence-electron chi connectivity index (χ2n) is 6.18. The van der Waals surface area contributed by atoms with Crippen LogP contribution in [0.4, 0.5) is 0 Å². The molecule has 24 heavy (non-hydrogen) atoms. The maximum Gasteiger partial charge on any atom is 0.254 e. The molecule has 3 aliphatic heterocycles. The number of aryl methyl sites for hydroxylation is 1. The number of aliphatic imine (C=N–C) groups is 1. The van der Waals surface area contributed by atoms with Crippen LogP contribution in [-0.2, 0) is 17.6 Å². The van der Waals surface area contributed by atoms with E-state index in [2.05, 4.69) is 19.9 Å². The fourth-order valence-electron chi connectivity index (χ4n) is 3.36. The van der Waals surface area contributed by atoms with Crippen molar-refractivity contribution < 1.29 is 4.79 Å². The van der Waals surface area contributed by atoms with Gasteiger partial charge in [0.2, 0.25) is 5.91 Å². The molecule has 1 aromatic rings. The summed E-state index contributed by atoms with van der Waals surface area (Å²) in [5.41, 5.74) is 2.52. The molecule has 1 amide bonds. The average molecular weight is 345 g/mol. The summed E-state index contributed by atoms with van der Waals surface area (Å²) in [6.45, 7) is 4.64. The van der Waals surface area contributed by atoms with Crippen molar-refractivity contribution in [1.29, 1.82) is 0 Å².